The second-order valence-electron chi connectivity index (χ2n) is 4.82. The molecule has 0 spiro atoms. The van der Waals surface area contributed by atoms with E-state index in [1.165, 1.54) is 6.21 Å². The standard InChI is InChI=1S/C16H13Br2ClN2O3/c1-9-4-12(19)2-3-14(9)24-8-15(22)21-20-7-10-5-11(17)6-13(18)16(10)23/h2-7,23H,8H2,1H3,(H,21,22)/b20-7+. The first-order valence-corrected chi connectivity index (χ1v) is 8.72. The van der Waals surface area contributed by atoms with Gasteiger partial charge in [0.15, 0.2) is 6.61 Å². The van der Waals surface area contributed by atoms with Gasteiger partial charge >= 0.3 is 0 Å². The maximum Gasteiger partial charge on any atom is 0.277 e. The van der Waals surface area contributed by atoms with Crippen molar-refractivity contribution in [2.24, 2.45) is 5.10 Å². The molecule has 2 aromatic carbocycles. The third-order valence-electron chi connectivity index (χ3n) is 2.95. The summed E-state index contributed by atoms with van der Waals surface area (Å²) in [5, 5.41) is 14.3. The fourth-order valence-electron chi connectivity index (χ4n) is 1.81. The van der Waals surface area contributed by atoms with Crippen LogP contribution in [0.15, 0.2) is 44.4 Å². The van der Waals surface area contributed by atoms with Gasteiger partial charge in [0, 0.05) is 15.1 Å². The van der Waals surface area contributed by atoms with Crippen LogP contribution in [0.4, 0.5) is 0 Å². The topological polar surface area (TPSA) is 70.9 Å². The number of phenolic OH excluding ortho intramolecular Hbond substituents is 1. The first-order chi connectivity index (χ1) is 11.4. The Morgan fingerprint density at radius 1 is 1.38 bits per heavy atom. The molecule has 0 aliphatic rings. The van der Waals surface area contributed by atoms with Crippen molar-refractivity contribution in [1.82, 2.24) is 5.43 Å². The van der Waals surface area contributed by atoms with Crippen LogP contribution in [0, 0.1) is 6.92 Å². The Morgan fingerprint density at radius 2 is 2.12 bits per heavy atom. The Kier molecular flexibility index (Phi) is 6.65. The number of nitrogens with zero attached hydrogens (tertiary/aromatic N) is 1. The summed E-state index contributed by atoms with van der Waals surface area (Å²) in [7, 11) is 0. The molecule has 8 heteroatoms. The predicted molar refractivity (Wildman–Crippen MR) is 101 cm³/mol. The molecule has 0 fully saturated rings. The van der Waals surface area contributed by atoms with Gasteiger partial charge in [0.05, 0.1) is 10.7 Å². The normalized spacial score (nSPS) is 10.8. The van der Waals surface area contributed by atoms with Gasteiger partial charge in [0.25, 0.3) is 5.91 Å². The molecule has 0 atom stereocenters. The van der Waals surface area contributed by atoms with Crippen molar-refractivity contribution in [2.45, 2.75) is 6.92 Å². The van der Waals surface area contributed by atoms with E-state index < -0.39 is 5.91 Å². The van der Waals surface area contributed by atoms with Gasteiger partial charge in [-0.25, -0.2) is 5.43 Å². The number of hydrogen-bond donors (Lipinski definition) is 2. The van der Waals surface area contributed by atoms with E-state index in [1.54, 1.807) is 30.3 Å². The molecule has 126 valence electrons. The van der Waals surface area contributed by atoms with E-state index in [0.717, 1.165) is 10.0 Å². The zero-order chi connectivity index (χ0) is 17.7. The van der Waals surface area contributed by atoms with E-state index in [4.69, 9.17) is 16.3 Å². The maximum atomic E-state index is 11.7. The van der Waals surface area contributed by atoms with Gasteiger partial charge in [-0.1, -0.05) is 27.5 Å². The molecular weight excluding hydrogens is 463 g/mol. The predicted octanol–water partition coefficient (Wildman–Crippen LogP) is 4.41. The number of hydrazone groups is 1. The van der Waals surface area contributed by atoms with Crippen LogP contribution in [0.1, 0.15) is 11.1 Å². The average molecular weight is 477 g/mol. The summed E-state index contributed by atoms with van der Waals surface area (Å²) < 4.78 is 6.69. The lowest BCUT2D eigenvalue weighted by molar-refractivity contribution is -0.123. The Morgan fingerprint density at radius 3 is 2.83 bits per heavy atom. The Hall–Kier alpha value is -1.57. The van der Waals surface area contributed by atoms with Crippen molar-refractivity contribution in [2.75, 3.05) is 6.61 Å². The number of amides is 1. The molecule has 0 radical (unpaired) electrons. The minimum absolute atomic E-state index is 0.0317. The van der Waals surface area contributed by atoms with E-state index in [0.29, 0.717) is 20.8 Å². The number of carbonyl (C=O) groups is 1. The fraction of sp³-hybridized carbons (Fsp3) is 0.125. The molecule has 0 aliphatic heterocycles. The van der Waals surface area contributed by atoms with Crippen molar-refractivity contribution in [3.63, 3.8) is 0 Å². The van der Waals surface area contributed by atoms with Crippen LogP contribution < -0.4 is 10.2 Å². The summed E-state index contributed by atoms with van der Waals surface area (Å²) in [5.41, 5.74) is 3.62. The van der Waals surface area contributed by atoms with Crippen LogP contribution in [0.2, 0.25) is 5.02 Å². The second-order valence-corrected chi connectivity index (χ2v) is 7.02. The lowest BCUT2D eigenvalue weighted by atomic mass is 10.2. The lowest BCUT2D eigenvalue weighted by Crippen LogP contribution is -2.24. The summed E-state index contributed by atoms with van der Waals surface area (Å²) in [6.45, 7) is 1.65. The quantitative estimate of drug-likeness (QED) is 0.496. The van der Waals surface area contributed by atoms with E-state index in [1.807, 2.05) is 6.92 Å². The van der Waals surface area contributed by atoms with Crippen LogP contribution in [-0.4, -0.2) is 23.8 Å². The van der Waals surface area contributed by atoms with Crippen molar-refractivity contribution in [3.05, 3.63) is 55.4 Å². The van der Waals surface area contributed by atoms with Crippen molar-refractivity contribution in [1.29, 1.82) is 0 Å². The number of aryl methyl sites for hydroxylation is 1. The van der Waals surface area contributed by atoms with E-state index in [-0.39, 0.29) is 12.4 Å². The van der Waals surface area contributed by atoms with E-state index in [2.05, 4.69) is 42.4 Å². The Labute approximate surface area is 160 Å². The van der Waals surface area contributed by atoms with Crippen LogP contribution in [0.25, 0.3) is 0 Å². The zero-order valence-corrected chi connectivity index (χ0v) is 16.4. The lowest BCUT2D eigenvalue weighted by Gasteiger charge is -2.08. The number of benzene rings is 2. The first-order valence-electron chi connectivity index (χ1n) is 6.75. The van der Waals surface area contributed by atoms with Gasteiger partial charge in [-0.15, -0.1) is 0 Å². The van der Waals surface area contributed by atoms with Crippen LogP contribution in [0.3, 0.4) is 0 Å². The first kappa shape index (κ1) is 18.8. The molecule has 2 N–H and O–H groups in total. The molecule has 24 heavy (non-hydrogen) atoms. The minimum atomic E-state index is -0.422. The van der Waals surface area contributed by atoms with Gasteiger partial charge < -0.3 is 9.84 Å². The highest BCUT2D eigenvalue weighted by atomic mass is 79.9. The summed E-state index contributed by atoms with van der Waals surface area (Å²) in [5.74, 6) is 0.186. The molecule has 0 aliphatic carbocycles. The third kappa shape index (κ3) is 5.22. The Balaban J connectivity index is 1.91. The maximum absolute atomic E-state index is 11.7. The highest BCUT2D eigenvalue weighted by Crippen LogP contribution is 2.30. The summed E-state index contributed by atoms with van der Waals surface area (Å²) in [6, 6.07) is 8.51. The second kappa shape index (κ2) is 8.50. The molecule has 0 aromatic heterocycles. The minimum Gasteiger partial charge on any atom is -0.506 e. The number of phenols is 1. The van der Waals surface area contributed by atoms with Gasteiger partial charge in [0.2, 0.25) is 0 Å². The van der Waals surface area contributed by atoms with Crippen LogP contribution >= 0.6 is 43.5 Å². The number of nitrogens with one attached hydrogen (secondary N) is 1. The van der Waals surface area contributed by atoms with E-state index in [9.17, 15) is 9.90 Å². The molecular formula is C16H13Br2ClN2O3. The van der Waals surface area contributed by atoms with Crippen molar-refractivity contribution < 1.29 is 14.6 Å². The smallest absolute Gasteiger partial charge is 0.277 e. The Bertz CT molecular complexity index is 797. The molecule has 2 aromatic rings. The highest BCUT2D eigenvalue weighted by molar-refractivity contribution is 9.11. The molecule has 5 nitrogen and oxygen atoms in total. The largest absolute Gasteiger partial charge is 0.506 e. The van der Waals surface area contributed by atoms with Crippen LogP contribution in [0.5, 0.6) is 11.5 Å². The number of ether oxygens (including phenoxy) is 1. The number of aromatic hydroxyl groups is 1. The van der Waals surface area contributed by atoms with Gasteiger partial charge in [-0.2, -0.15) is 5.10 Å². The zero-order valence-electron chi connectivity index (χ0n) is 12.5. The molecule has 0 unspecified atom stereocenters. The number of halogens is 3. The molecule has 0 saturated heterocycles. The van der Waals surface area contributed by atoms with Gasteiger partial charge in [-0.05, 0) is 58.7 Å². The molecule has 0 heterocycles. The van der Waals surface area contributed by atoms with Gasteiger partial charge in [-0.3, -0.25) is 4.79 Å². The molecule has 1 amide bonds. The van der Waals surface area contributed by atoms with Crippen LogP contribution in [-0.2, 0) is 4.79 Å². The highest BCUT2D eigenvalue weighted by Gasteiger charge is 2.07. The van der Waals surface area contributed by atoms with Gasteiger partial charge in [0.1, 0.15) is 11.5 Å². The number of rotatable bonds is 5. The summed E-state index contributed by atoms with van der Waals surface area (Å²) in [6.07, 6.45) is 1.34. The number of hydrogen-bond acceptors (Lipinski definition) is 4. The molecule has 0 saturated carbocycles. The fourth-order valence-corrected chi connectivity index (χ4v) is 3.29. The molecule has 2 rings (SSSR count). The average Bonchev–Trinajstić information content (AvgIpc) is 2.51. The van der Waals surface area contributed by atoms with Crippen molar-refractivity contribution >= 4 is 55.6 Å². The SMILES string of the molecule is Cc1cc(Cl)ccc1OCC(=O)N/N=C/c1cc(Br)cc(Br)c1O. The third-order valence-corrected chi connectivity index (χ3v) is 4.24. The summed E-state index contributed by atoms with van der Waals surface area (Å²) in [4.78, 5) is 11.7. The molecule has 0 bridgehead atoms. The monoisotopic (exact) mass is 474 g/mol. The number of carbonyl (C=O) groups excluding carboxylic acids is 1. The van der Waals surface area contributed by atoms with Crippen molar-refractivity contribution in [3.8, 4) is 11.5 Å². The van der Waals surface area contributed by atoms with E-state index >= 15 is 0 Å². The summed E-state index contributed by atoms with van der Waals surface area (Å²) >= 11 is 12.4.